The number of nitrogens with zero attached hydrogens (tertiary/aromatic N) is 1. The lowest BCUT2D eigenvalue weighted by atomic mass is 10.2. The minimum atomic E-state index is -4.82. The van der Waals surface area contributed by atoms with Gasteiger partial charge in [0, 0.05) is 18.1 Å². The molecule has 0 radical (unpaired) electrons. The fourth-order valence-corrected chi connectivity index (χ4v) is 1.42. The number of alkyl halides is 3. The standard InChI is InChI=1S/C10H9BrF3NO/c1-15(9(16)10(12,13)14)6-7-2-4-8(11)5-3-7/h2-5H,6H2,1H3. The van der Waals surface area contributed by atoms with Crippen LogP contribution in [0.15, 0.2) is 28.7 Å². The third-order valence-corrected chi connectivity index (χ3v) is 2.45. The number of amides is 1. The lowest BCUT2D eigenvalue weighted by molar-refractivity contribution is -0.184. The van der Waals surface area contributed by atoms with E-state index in [4.69, 9.17) is 0 Å². The molecule has 1 amide bonds. The summed E-state index contributed by atoms with van der Waals surface area (Å²) in [4.78, 5) is 11.5. The van der Waals surface area contributed by atoms with E-state index in [0.29, 0.717) is 10.5 Å². The normalized spacial score (nSPS) is 11.3. The van der Waals surface area contributed by atoms with Crippen molar-refractivity contribution >= 4 is 21.8 Å². The molecule has 0 aromatic heterocycles. The Hall–Kier alpha value is -1.04. The molecule has 0 saturated carbocycles. The average Bonchev–Trinajstić information content (AvgIpc) is 2.19. The van der Waals surface area contributed by atoms with Gasteiger partial charge in [0.2, 0.25) is 0 Å². The van der Waals surface area contributed by atoms with Crippen molar-refractivity contribution in [3.63, 3.8) is 0 Å². The highest BCUT2D eigenvalue weighted by Crippen LogP contribution is 2.19. The fourth-order valence-electron chi connectivity index (χ4n) is 1.15. The predicted molar refractivity (Wildman–Crippen MR) is 56.7 cm³/mol. The van der Waals surface area contributed by atoms with Crippen molar-refractivity contribution in [2.75, 3.05) is 7.05 Å². The Balaban J connectivity index is 2.68. The van der Waals surface area contributed by atoms with Crippen molar-refractivity contribution < 1.29 is 18.0 Å². The Morgan fingerprint density at radius 2 is 1.81 bits per heavy atom. The van der Waals surface area contributed by atoms with Gasteiger partial charge in [-0.15, -0.1) is 0 Å². The molecule has 0 bridgehead atoms. The lowest BCUT2D eigenvalue weighted by Crippen LogP contribution is -2.37. The molecule has 16 heavy (non-hydrogen) atoms. The van der Waals surface area contributed by atoms with Crippen molar-refractivity contribution in [2.45, 2.75) is 12.7 Å². The Kier molecular flexibility index (Phi) is 3.96. The highest BCUT2D eigenvalue weighted by Gasteiger charge is 2.41. The van der Waals surface area contributed by atoms with E-state index in [2.05, 4.69) is 15.9 Å². The van der Waals surface area contributed by atoms with Gasteiger partial charge in [0.15, 0.2) is 0 Å². The predicted octanol–water partition coefficient (Wildman–Crippen LogP) is 2.97. The highest BCUT2D eigenvalue weighted by atomic mass is 79.9. The van der Waals surface area contributed by atoms with Crippen LogP contribution < -0.4 is 0 Å². The number of rotatable bonds is 2. The van der Waals surface area contributed by atoms with Gasteiger partial charge in [-0.3, -0.25) is 4.79 Å². The van der Waals surface area contributed by atoms with Gasteiger partial charge < -0.3 is 4.90 Å². The smallest absolute Gasteiger partial charge is 0.334 e. The van der Waals surface area contributed by atoms with Crippen molar-refractivity contribution in [1.29, 1.82) is 0 Å². The maximum Gasteiger partial charge on any atom is 0.471 e. The van der Waals surface area contributed by atoms with Crippen LogP contribution in [0, 0.1) is 0 Å². The monoisotopic (exact) mass is 295 g/mol. The first-order valence-corrected chi connectivity index (χ1v) is 5.17. The van der Waals surface area contributed by atoms with E-state index in [1.165, 1.54) is 0 Å². The van der Waals surface area contributed by atoms with E-state index < -0.39 is 12.1 Å². The molecule has 88 valence electrons. The molecule has 0 spiro atoms. The molecule has 0 saturated heterocycles. The van der Waals surface area contributed by atoms with Gasteiger partial charge in [0.05, 0.1) is 0 Å². The van der Waals surface area contributed by atoms with E-state index in [-0.39, 0.29) is 6.54 Å². The molecule has 0 aliphatic heterocycles. The Morgan fingerprint density at radius 1 is 1.31 bits per heavy atom. The zero-order chi connectivity index (χ0) is 12.3. The molecule has 0 unspecified atom stereocenters. The average molecular weight is 296 g/mol. The largest absolute Gasteiger partial charge is 0.471 e. The molecule has 0 heterocycles. The van der Waals surface area contributed by atoms with Crippen LogP contribution >= 0.6 is 15.9 Å². The number of hydrogen-bond donors (Lipinski definition) is 0. The molecule has 1 aromatic rings. The third kappa shape index (κ3) is 3.52. The zero-order valence-corrected chi connectivity index (χ0v) is 9.97. The van der Waals surface area contributed by atoms with Crippen molar-refractivity contribution in [2.24, 2.45) is 0 Å². The minimum Gasteiger partial charge on any atom is -0.334 e. The fraction of sp³-hybridized carbons (Fsp3) is 0.300. The first kappa shape index (κ1) is 13.0. The maximum atomic E-state index is 12.1. The summed E-state index contributed by atoms with van der Waals surface area (Å²) in [5, 5.41) is 0. The summed E-state index contributed by atoms with van der Waals surface area (Å²) in [5.41, 5.74) is 0.642. The lowest BCUT2D eigenvalue weighted by Gasteiger charge is -2.18. The summed E-state index contributed by atoms with van der Waals surface area (Å²) in [7, 11) is 1.12. The molecular weight excluding hydrogens is 287 g/mol. The number of halogens is 4. The van der Waals surface area contributed by atoms with Crippen LogP contribution in [0.1, 0.15) is 5.56 Å². The first-order chi connectivity index (χ1) is 7.30. The van der Waals surface area contributed by atoms with Gasteiger partial charge in [0.1, 0.15) is 0 Å². The van der Waals surface area contributed by atoms with Crippen molar-refractivity contribution in [1.82, 2.24) is 4.90 Å². The Labute approximate surface area is 99.2 Å². The molecule has 2 nitrogen and oxygen atoms in total. The number of benzene rings is 1. The first-order valence-electron chi connectivity index (χ1n) is 4.37. The second kappa shape index (κ2) is 4.86. The number of carbonyl (C=O) groups excluding carboxylic acids is 1. The maximum absolute atomic E-state index is 12.1. The number of hydrogen-bond acceptors (Lipinski definition) is 1. The van der Waals surface area contributed by atoms with E-state index in [0.717, 1.165) is 11.5 Å². The van der Waals surface area contributed by atoms with Gasteiger partial charge in [-0.2, -0.15) is 13.2 Å². The highest BCUT2D eigenvalue weighted by molar-refractivity contribution is 9.10. The summed E-state index contributed by atoms with van der Waals surface area (Å²) in [6, 6.07) is 6.73. The van der Waals surface area contributed by atoms with E-state index in [9.17, 15) is 18.0 Å². The summed E-state index contributed by atoms with van der Waals surface area (Å²) < 4.78 is 37.0. The number of carbonyl (C=O) groups is 1. The van der Waals surface area contributed by atoms with Gasteiger partial charge in [-0.1, -0.05) is 28.1 Å². The second-order valence-electron chi connectivity index (χ2n) is 3.29. The summed E-state index contributed by atoms with van der Waals surface area (Å²) in [6.45, 7) is -0.0639. The molecule has 0 fully saturated rings. The van der Waals surface area contributed by atoms with Crippen LogP contribution in [0.5, 0.6) is 0 Å². The van der Waals surface area contributed by atoms with E-state index >= 15 is 0 Å². The SMILES string of the molecule is CN(Cc1ccc(Br)cc1)C(=O)C(F)(F)F. The van der Waals surface area contributed by atoms with Crippen LogP contribution in [0.4, 0.5) is 13.2 Å². The minimum absolute atomic E-state index is 0.0639. The van der Waals surface area contributed by atoms with Crippen LogP contribution in [-0.4, -0.2) is 24.0 Å². The van der Waals surface area contributed by atoms with Gasteiger partial charge in [0.25, 0.3) is 0 Å². The van der Waals surface area contributed by atoms with Gasteiger partial charge in [-0.25, -0.2) is 0 Å². The van der Waals surface area contributed by atoms with Gasteiger partial charge >= 0.3 is 12.1 Å². The Morgan fingerprint density at radius 3 is 2.25 bits per heavy atom. The molecule has 0 N–H and O–H groups in total. The quantitative estimate of drug-likeness (QED) is 0.821. The summed E-state index contributed by atoms with van der Waals surface area (Å²) >= 11 is 3.21. The molecule has 6 heteroatoms. The Bertz CT molecular complexity index is 375. The van der Waals surface area contributed by atoms with Crippen molar-refractivity contribution in [3.8, 4) is 0 Å². The molecule has 0 aliphatic carbocycles. The van der Waals surface area contributed by atoms with E-state index in [1.54, 1.807) is 24.3 Å². The second-order valence-corrected chi connectivity index (χ2v) is 4.20. The summed E-state index contributed by atoms with van der Waals surface area (Å²) in [6.07, 6.45) is -4.82. The zero-order valence-electron chi connectivity index (χ0n) is 8.38. The van der Waals surface area contributed by atoms with E-state index in [1.807, 2.05) is 0 Å². The third-order valence-electron chi connectivity index (χ3n) is 1.92. The molecule has 0 atom stereocenters. The van der Waals surface area contributed by atoms with Crippen LogP contribution in [0.2, 0.25) is 0 Å². The van der Waals surface area contributed by atoms with Crippen LogP contribution in [-0.2, 0) is 11.3 Å². The molecule has 1 rings (SSSR count). The van der Waals surface area contributed by atoms with Crippen LogP contribution in [0.3, 0.4) is 0 Å². The molecular formula is C10H9BrF3NO. The summed E-state index contributed by atoms with van der Waals surface area (Å²) in [5.74, 6) is -1.84. The van der Waals surface area contributed by atoms with Gasteiger partial charge in [-0.05, 0) is 17.7 Å². The molecule has 0 aliphatic rings. The topological polar surface area (TPSA) is 20.3 Å². The van der Waals surface area contributed by atoms with Crippen LogP contribution in [0.25, 0.3) is 0 Å². The van der Waals surface area contributed by atoms with Crippen molar-refractivity contribution in [3.05, 3.63) is 34.3 Å². The molecule has 1 aromatic carbocycles.